The highest BCUT2D eigenvalue weighted by molar-refractivity contribution is 5.82. The summed E-state index contributed by atoms with van der Waals surface area (Å²) in [4.78, 5) is 11.8. The number of phenols is 1. The lowest BCUT2D eigenvalue weighted by Crippen LogP contribution is -2.44. The van der Waals surface area contributed by atoms with Gasteiger partial charge in [0.1, 0.15) is 17.0 Å². The molecule has 0 radical (unpaired) electrons. The van der Waals surface area contributed by atoms with E-state index in [0.29, 0.717) is 5.75 Å². The highest BCUT2D eigenvalue weighted by Crippen LogP contribution is 2.26. The number of hydrogen-bond acceptors (Lipinski definition) is 4. The summed E-state index contributed by atoms with van der Waals surface area (Å²) in [6.45, 7) is 5.36. The first-order valence-electron chi connectivity index (χ1n) is 7.17. The van der Waals surface area contributed by atoms with Crippen molar-refractivity contribution < 1.29 is 14.6 Å². The third kappa shape index (κ3) is 5.21. The predicted octanol–water partition coefficient (Wildman–Crippen LogP) is 3.16. The third-order valence-corrected chi connectivity index (χ3v) is 3.08. The predicted molar refractivity (Wildman–Crippen MR) is 79.9 cm³/mol. The number of ether oxygens (including phenoxy) is 1. The summed E-state index contributed by atoms with van der Waals surface area (Å²) < 4.78 is 5.32. The molecule has 0 unspecified atom stereocenters. The zero-order valence-electron chi connectivity index (χ0n) is 12.6. The van der Waals surface area contributed by atoms with E-state index >= 15 is 0 Å². The van der Waals surface area contributed by atoms with Crippen molar-refractivity contribution in [2.24, 2.45) is 5.73 Å². The van der Waals surface area contributed by atoms with Crippen LogP contribution in [0.3, 0.4) is 0 Å². The maximum absolute atomic E-state index is 11.8. The number of nitrogens with two attached hydrogens (primary N) is 1. The fourth-order valence-corrected chi connectivity index (χ4v) is 1.82. The average molecular weight is 279 g/mol. The molecule has 0 bridgehead atoms. The summed E-state index contributed by atoms with van der Waals surface area (Å²) in [7, 11) is 0. The number of aryl methyl sites for hydroxylation is 1. The molecule has 0 saturated heterocycles. The summed E-state index contributed by atoms with van der Waals surface area (Å²) in [5.41, 5.74) is 5.59. The third-order valence-electron chi connectivity index (χ3n) is 3.08. The Kier molecular flexibility index (Phi) is 6.02. The standard InChI is InChI=1S/C16H25NO3/c1-4-5-6-7-8-12-9-10-13(18)11-14(12)20-15(19)16(2,3)17/h9-11,18H,4-8,17H2,1-3H3. The molecule has 0 heterocycles. The number of esters is 1. The second-order valence-corrected chi connectivity index (χ2v) is 5.71. The summed E-state index contributed by atoms with van der Waals surface area (Å²) in [5.74, 6) is -0.0112. The van der Waals surface area contributed by atoms with E-state index in [1.54, 1.807) is 26.0 Å². The summed E-state index contributed by atoms with van der Waals surface area (Å²) in [6, 6.07) is 4.88. The van der Waals surface area contributed by atoms with E-state index in [1.165, 1.54) is 18.9 Å². The molecule has 4 nitrogen and oxygen atoms in total. The number of benzene rings is 1. The van der Waals surface area contributed by atoms with E-state index in [9.17, 15) is 9.90 Å². The van der Waals surface area contributed by atoms with Gasteiger partial charge in [0.2, 0.25) is 0 Å². The van der Waals surface area contributed by atoms with E-state index < -0.39 is 11.5 Å². The summed E-state index contributed by atoms with van der Waals surface area (Å²) in [6.07, 6.45) is 5.39. The molecule has 0 aliphatic heterocycles. The first-order chi connectivity index (χ1) is 9.34. The van der Waals surface area contributed by atoms with Gasteiger partial charge >= 0.3 is 5.97 Å². The maximum atomic E-state index is 11.8. The smallest absolute Gasteiger partial charge is 0.330 e. The van der Waals surface area contributed by atoms with Crippen molar-refractivity contribution in [2.45, 2.75) is 58.4 Å². The van der Waals surface area contributed by atoms with Gasteiger partial charge in [-0.15, -0.1) is 0 Å². The van der Waals surface area contributed by atoms with Crippen molar-refractivity contribution in [3.8, 4) is 11.5 Å². The van der Waals surface area contributed by atoms with Gasteiger partial charge in [0, 0.05) is 6.07 Å². The number of carbonyl (C=O) groups excluding carboxylic acids is 1. The van der Waals surface area contributed by atoms with Crippen LogP contribution in [0.15, 0.2) is 18.2 Å². The van der Waals surface area contributed by atoms with Crippen LogP contribution in [0.1, 0.15) is 52.0 Å². The summed E-state index contributed by atoms with van der Waals surface area (Å²) >= 11 is 0. The molecule has 1 aromatic carbocycles. The zero-order valence-corrected chi connectivity index (χ0v) is 12.6. The number of rotatable bonds is 7. The quantitative estimate of drug-likeness (QED) is 0.457. The topological polar surface area (TPSA) is 72.5 Å². The first kappa shape index (κ1) is 16.5. The van der Waals surface area contributed by atoms with Crippen LogP contribution in [-0.4, -0.2) is 16.6 Å². The van der Waals surface area contributed by atoms with Crippen LogP contribution in [-0.2, 0) is 11.2 Å². The van der Waals surface area contributed by atoms with Crippen LogP contribution in [0.25, 0.3) is 0 Å². The highest BCUT2D eigenvalue weighted by Gasteiger charge is 2.25. The van der Waals surface area contributed by atoms with Crippen LogP contribution in [0.2, 0.25) is 0 Å². The molecule has 0 aromatic heterocycles. The van der Waals surface area contributed by atoms with Crippen LogP contribution in [0, 0.1) is 0 Å². The fourth-order valence-electron chi connectivity index (χ4n) is 1.82. The molecule has 0 amide bonds. The van der Waals surface area contributed by atoms with Crippen molar-refractivity contribution in [2.75, 3.05) is 0 Å². The number of carbonyl (C=O) groups is 1. The molecule has 1 aromatic rings. The molecule has 0 aliphatic carbocycles. The Bertz CT molecular complexity index is 450. The monoisotopic (exact) mass is 279 g/mol. The van der Waals surface area contributed by atoms with Gasteiger partial charge in [0.15, 0.2) is 0 Å². The van der Waals surface area contributed by atoms with E-state index in [-0.39, 0.29) is 5.75 Å². The lowest BCUT2D eigenvalue weighted by Gasteiger charge is -2.18. The normalized spacial score (nSPS) is 11.4. The molecule has 3 N–H and O–H groups in total. The van der Waals surface area contributed by atoms with E-state index in [2.05, 4.69) is 6.92 Å². The SMILES string of the molecule is CCCCCCc1ccc(O)cc1OC(=O)C(C)(C)N. The van der Waals surface area contributed by atoms with Gasteiger partial charge in [0.25, 0.3) is 0 Å². The molecule has 0 fully saturated rings. The van der Waals surface area contributed by atoms with Gasteiger partial charge in [0.05, 0.1) is 0 Å². The van der Waals surface area contributed by atoms with Gasteiger partial charge < -0.3 is 15.6 Å². The molecular weight excluding hydrogens is 254 g/mol. The molecule has 20 heavy (non-hydrogen) atoms. The van der Waals surface area contributed by atoms with Gasteiger partial charge in [-0.3, -0.25) is 0 Å². The maximum Gasteiger partial charge on any atom is 0.330 e. The number of aromatic hydroxyl groups is 1. The zero-order chi connectivity index (χ0) is 15.2. The minimum Gasteiger partial charge on any atom is -0.508 e. The van der Waals surface area contributed by atoms with Crippen LogP contribution in [0.5, 0.6) is 11.5 Å². The molecule has 4 heteroatoms. The Morgan fingerprint density at radius 1 is 1.30 bits per heavy atom. The van der Waals surface area contributed by atoms with Gasteiger partial charge in [-0.1, -0.05) is 32.3 Å². The Hall–Kier alpha value is -1.55. The average Bonchev–Trinajstić information content (AvgIpc) is 2.35. The Labute approximate surface area is 120 Å². The fraction of sp³-hybridized carbons (Fsp3) is 0.562. The highest BCUT2D eigenvalue weighted by atomic mass is 16.5. The lowest BCUT2D eigenvalue weighted by atomic mass is 10.0. The lowest BCUT2D eigenvalue weighted by molar-refractivity contribution is -0.139. The van der Waals surface area contributed by atoms with Crippen LogP contribution in [0.4, 0.5) is 0 Å². The molecular formula is C16H25NO3. The van der Waals surface area contributed by atoms with Crippen LogP contribution < -0.4 is 10.5 Å². The molecule has 112 valence electrons. The molecule has 0 aliphatic rings. The van der Waals surface area contributed by atoms with Crippen molar-refractivity contribution in [3.05, 3.63) is 23.8 Å². The van der Waals surface area contributed by atoms with Crippen molar-refractivity contribution in [1.82, 2.24) is 0 Å². The first-order valence-corrected chi connectivity index (χ1v) is 7.17. The molecule has 0 saturated carbocycles. The van der Waals surface area contributed by atoms with E-state index in [0.717, 1.165) is 24.8 Å². The van der Waals surface area contributed by atoms with Gasteiger partial charge in [-0.2, -0.15) is 0 Å². The second kappa shape index (κ2) is 7.29. The van der Waals surface area contributed by atoms with Crippen molar-refractivity contribution >= 4 is 5.97 Å². The Morgan fingerprint density at radius 3 is 2.60 bits per heavy atom. The number of hydrogen-bond donors (Lipinski definition) is 2. The largest absolute Gasteiger partial charge is 0.508 e. The van der Waals surface area contributed by atoms with Crippen molar-refractivity contribution in [3.63, 3.8) is 0 Å². The number of unbranched alkanes of at least 4 members (excludes halogenated alkanes) is 3. The molecule has 0 atom stereocenters. The molecule has 1 rings (SSSR count). The Balaban J connectivity index is 2.77. The second-order valence-electron chi connectivity index (χ2n) is 5.71. The van der Waals surface area contributed by atoms with Crippen LogP contribution >= 0.6 is 0 Å². The number of phenolic OH excluding ortho intramolecular Hbond substituents is 1. The molecule has 0 spiro atoms. The minimum absolute atomic E-state index is 0.0833. The summed E-state index contributed by atoms with van der Waals surface area (Å²) in [5, 5.41) is 9.54. The van der Waals surface area contributed by atoms with Gasteiger partial charge in [-0.25, -0.2) is 4.79 Å². The Morgan fingerprint density at radius 2 is 2.00 bits per heavy atom. The van der Waals surface area contributed by atoms with E-state index in [4.69, 9.17) is 10.5 Å². The van der Waals surface area contributed by atoms with E-state index in [1.807, 2.05) is 0 Å². The van der Waals surface area contributed by atoms with Crippen molar-refractivity contribution in [1.29, 1.82) is 0 Å². The minimum atomic E-state index is -1.05. The van der Waals surface area contributed by atoms with Gasteiger partial charge in [-0.05, 0) is 38.3 Å².